The van der Waals surface area contributed by atoms with Gasteiger partial charge in [0, 0.05) is 32.9 Å². The molecule has 0 spiro atoms. The summed E-state index contributed by atoms with van der Waals surface area (Å²) in [5.41, 5.74) is 2.45. The fourth-order valence-corrected chi connectivity index (χ4v) is 1.97. The predicted molar refractivity (Wildman–Crippen MR) is 102 cm³/mol. The Bertz CT molecular complexity index is 438. The minimum Gasteiger partial charge on any atom is -0.378 e. The average molecular weight is 402 g/mol. The smallest absolute Gasteiger partial charge is 0.191 e. The van der Waals surface area contributed by atoms with Crippen LogP contribution in [0.5, 0.6) is 0 Å². The molecule has 5 heteroatoms. The lowest BCUT2D eigenvalue weighted by Crippen LogP contribution is -2.38. The van der Waals surface area contributed by atoms with Gasteiger partial charge in [-0.05, 0) is 43.4 Å². The van der Waals surface area contributed by atoms with E-state index in [0.717, 1.165) is 25.0 Å². The highest BCUT2D eigenvalue weighted by Crippen LogP contribution is 2.27. The van der Waals surface area contributed by atoms with Gasteiger partial charge in [-0.1, -0.05) is 12.1 Å². The Kier molecular flexibility index (Phi) is 7.85. The van der Waals surface area contributed by atoms with E-state index in [1.165, 1.54) is 24.1 Å². The van der Waals surface area contributed by atoms with Gasteiger partial charge in [-0.3, -0.25) is 0 Å². The van der Waals surface area contributed by atoms with E-state index in [1.54, 1.807) is 0 Å². The molecule has 1 saturated carbocycles. The van der Waals surface area contributed by atoms with Crippen LogP contribution in [-0.2, 0) is 6.54 Å². The van der Waals surface area contributed by atoms with Gasteiger partial charge in [0.25, 0.3) is 0 Å². The first kappa shape index (κ1) is 18.1. The van der Waals surface area contributed by atoms with E-state index in [4.69, 9.17) is 0 Å². The number of hydrogen-bond acceptors (Lipinski definition) is 2. The van der Waals surface area contributed by atoms with E-state index in [1.807, 2.05) is 0 Å². The molecule has 0 atom stereocenters. The fraction of sp³-hybridized carbons (Fsp3) is 0.562. The maximum absolute atomic E-state index is 4.64. The number of aliphatic imine (C=N–C) groups is 1. The Labute approximate surface area is 145 Å². The quantitative estimate of drug-likeness (QED) is 0.437. The maximum Gasteiger partial charge on any atom is 0.191 e. The van der Waals surface area contributed by atoms with Gasteiger partial charge >= 0.3 is 0 Å². The monoisotopic (exact) mass is 402 g/mol. The molecule has 0 bridgehead atoms. The van der Waals surface area contributed by atoms with Gasteiger partial charge in [0.05, 0.1) is 6.54 Å². The van der Waals surface area contributed by atoms with E-state index in [2.05, 4.69) is 65.8 Å². The van der Waals surface area contributed by atoms with Crippen molar-refractivity contribution in [3.63, 3.8) is 0 Å². The van der Waals surface area contributed by atoms with Crippen LogP contribution in [-0.4, -0.2) is 33.1 Å². The van der Waals surface area contributed by atoms with Crippen molar-refractivity contribution in [1.29, 1.82) is 0 Å². The molecule has 0 aromatic heterocycles. The molecule has 0 unspecified atom stereocenters. The largest absolute Gasteiger partial charge is 0.378 e. The van der Waals surface area contributed by atoms with E-state index in [-0.39, 0.29) is 24.0 Å². The molecule has 1 aliphatic carbocycles. The van der Waals surface area contributed by atoms with Gasteiger partial charge in [-0.15, -0.1) is 24.0 Å². The third-order valence-corrected chi connectivity index (χ3v) is 3.47. The zero-order valence-corrected chi connectivity index (χ0v) is 15.6. The van der Waals surface area contributed by atoms with Crippen LogP contribution in [0.25, 0.3) is 0 Å². The first-order valence-electron chi connectivity index (χ1n) is 7.47. The van der Waals surface area contributed by atoms with Crippen molar-refractivity contribution in [3.05, 3.63) is 29.8 Å². The van der Waals surface area contributed by atoms with E-state index >= 15 is 0 Å². The van der Waals surface area contributed by atoms with Gasteiger partial charge in [0.2, 0.25) is 0 Å². The first-order chi connectivity index (χ1) is 9.69. The zero-order chi connectivity index (χ0) is 14.4. The molecule has 2 N–H and O–H groups in total. The lowest BCUT2D eigenvalue weighted by Gasteiger charge is -2.13. The Morgan fingerprint density at radius 1 is 1.19 bits per heavy atom. The molecule has 0 radical (unpaired) electrons. The molecule has 2 rings (SSSR count). The Hall–Kier alpha value is -0.980. The summed E-state index contributed by atoms with van der Waals surface area (Å²) in [5.74, 6) is 1.79. The van der Waals surface area contributed by atoms with Crippen LogP contribution in [0.2, 0.25) is 0 Å². The van der Waals surface area contributed by atoms with Crippen molar-refractivity contribution in [3.8, 4) is 0 Å². The highest BCUT2D eigenvalue weighted by atomic mass is 127. The highest BCUT2D eigenvalue weighted by molar-refractivity contribution is 14.0. The van der Waals surface area contributed by atoms with Gasteiger partial charge in [0.1, 0.15) is 0 Å². The van der Waals surface area contributed by atoms with Crippen LogP contribution < -0.4 is 15.5 Å². The summed E-state index contributed by atoms with van der Waals surface area (Å²) in [4.78, 5) is 6.74. The standard InChI is InChI=1S/C16H26N4.HI/c1-4-17-16(18-11-13-5-6-13)19-12-14-7-9-15(10-8-14)20(2)3;/h7-10,13H,4-6,11-12H2,1-3H3,(H2,17,18,19);1H. The third-order valence-electron chi connectivity index (χ3n) is 3.47. The van der Waals surface area contributed by atoms with Crippen LogP contribution in [0, 0.1) is 5.92 Å². The molecule has 118 valence electrons. The van der Waals surface area contributed by atoms with Crippen LogP contribution in [0.15, 0.2) is 29.3 Å². The number of halogens is 1. The Morgan fingerprint density at radius 2 is 1.86 bits per heavy atom. The SMILES string of the molecule is CCNC(=NCc1ccc(N(C)C)cc1)NCC1CC1.I. The van der Waals surface area contributed by atoms with Gasteiger partial charge < -0.3 is 15.5 Å². The van der Waals surface area contributed by atoms with E-state index < -0.39 is 0 Å². The molecule has 1 fully saturated rings. The first-order valence-corrected chi connectivity index (χ1v) is 7.47. The Morgan fingerprint density at radius 3 is 2.38 bits per heavy atom. The zero-order valence-electron chi connectivity index (χ0n) is 13.2. The summed E-state index contributed by atoms with van der Waals surface area (Å²) in [6.45, 7) is 4.76. The van der Waals surface area contributed by atoms with Gasteiger partial charge in [-0.25, -0.2) is 4.99 Å². The number of hydrogen-bond donors (Lipinski definition) is 2. The summed E-state index contributed by atoms with van der Waals surface area (Å²) in [7, 11) is 4.11. The molecule has 1 aromatic rings. The minimum absolute atomic E-state index is 0. The second kappa shape index (κ2) is 9.12. The number of rotatable bonds is 6. The summed E-state index contributed by atoms with van der Waals surface area (Å²) in [5, 5.41) is 6.71. The molecule has 1 aliphatic rings. The molecule has 1 aromatic carbocycles. The normalized spacial score (nSPS) is 14.3. The van der Waals surface area contributed by atoms with Crippen molar-refractivity contribution in [1.82, 2.24) is 10.6 Å². The summed E-state index contributed by atoms with van der Waals surface area (Å²) < 4.78 is 0. The average Bonchev–Trinajstić information content (AvgIpc) is 3.26. The molecule has 0 aliphatic heterocycles. The summed E-state index contributed by atoms with van der Waals surface area (Å²) in [6, 6.07) is 8.55. The Balaban J connectivity index is 0.00000220. The second-order valence-corrected chi connectivity index (χ2v) is 5.58. The van der Waals surface area contributed by atoms with Crippen molar-refractivity contribution in [2.75, 3.05) is 32.1 Å². The topological polar surface area (TPSA) is 39.7 Å². The molecule has 0 heterocycles. The molecular weight excluding hydrogens is 375 g/mol. The molecule has 21 heavy (non-hydrogen) atoms. The van der Waals surface area contributed by atoms with Crippen LogP contribution >= 0.6 is 24.0 Å². The number of guanidine groups is 1. The van der Waals surface area contributed by atoms with Crippen LogP contribution in [0.3, 0.4) is 0 Å². The lowest BCUT2D eigenvalue weighted by atomic mass is 10.2. The van der Waals surface area contributed by atoms with Crippen LogP contribution in [0.1, 0.15) is 25.3 Å². The van der Waals surface area contributed by atoms with Crippen LogP contribution in [0.4, 0.5) is 5.69 Å². The molecule has 0 amide bonds. The molecule has 4 nitrogen and oxygen atoms in total. The molecule has 0 saturated heterocycles. The number of anilines is 1. The van der Waals surface area contributed by atoms with Crippen molar-refractivity contribution in [2.24, 2.45) is 10.9 Å². The number of nitrogens with zero attached hydrogens (tertiary/aromatic N) is 2. The predicted octanol–water partition coefficient (Wildman–Crippen LogP) is 2.84. The second-order valence-electron chi connectivity index (χ2n) is 5.58. The minimum atomic E-state index is 0. The van der Waals surface area contributed by atoms with Crippen molar-refractivity contribution in [2.45, 2.75) is 26.3 Å². The van der Waals surface area contributed by atoms with Gasteiger partial charge in [-0.2, -0.15) is 0 Å². The van der Waals surface area contributed by atoms with Crippen molar-refractivity contribution >= 4 is 35.6 Å². The van der Waals surface area contributed by atoms with E-state index in [0.29, 0.717) is 6.54 Å². The highest BCUT2D eigenvalue weighted by Gasteiger charge is 2.20. The summed E-state index contributed by atoms with van der Waals surface area (Å²) in [6.07, 6.45) is 2.72. The maximum atomic E-state index is 4.64. The van der Waals surface area contributed by atoms with Gasteiger partial charge in [0.15, 0.2) is 5.96 Å². The number of nitrogens with one attached hydrogen (secondary N) is 2. The third kappa shape index (κ3) is 6.54. The molecular formula is C16H27IN4. The number of benzene rings is 1. The van der Waals surface area contributed by atoms with E-state index in [9.17, 15) is 0 Å². The lowest BCUT2D eigenvalue weighted by molar-refractivity contribution is 0.739. The summed E-state index contributed by atoms with van der Waals surface area (Å²) >= 11 is 0. The fourth-order valence-electron chi connectivity index (χ4n) is 1.97. The van der Waals surface area contributed by atoms with Crippen molar-refractivity contribution < 1.29 is 0 Å².